The molecule has 3 aromatic rings. The zero-order valence-electron chi connectivity index (χ0n) is 11.1. The molecular weight excluding hydrogens is 259 g/mol. The maximum absolute atomic E-state index is 13.7. The molecule has 20 heavy (non-hydrogen) atoms. The highest BCUT2D eigenvalue weighted by Gasteiger charge is 2.13. The molecule has 102 valence electrons. The Kier molecular flexibility index (Phi) is 3.02. The van der Waals surface area contributed by atoms with Crippen LogP contribution in [0.4, 0.5) is 10.2 Å². The Morgan fingerprint density at radius 3 is 2.90 bits per heavy atom. The predicted molar refractivity (Wildman–Crippen MR) is 73.6 cm³/mol. The van der Waals surface area contributed by atoms with E-state index < -0.39 is 5.82 Å². The molecule has 3 heterocycles. The first-order valence-electron chi connectivity index (χ1n) is 6.21. The van der Waals surface area contributed by atoms with Crippen molar-refractivity contribution < 1.29 is 4.39 Å². The third kappa shape index (κ3) is 2.18. The van der Waals surface area contributed by atoms with Crippen molar-refractivity contribution in [1.29, 1.82) is 0 Å². The highest BCUT2D eigenvalue weighted by Crippen LogP contribution is 2.25. The minimum absolute atomic E-state index is 0.0820. The van der Waals surface area contributed by atoms with Crippen molar-refractivity contribution >= 4 is 16.9 Å². The molecule has 3 rings (SSSR count). The lowest BCUT2D eigenvalue weighted by atomic mass is 10.2. The molecule has 0 aliphatic carbocycles. The van der Waals surface area contributed by atoms with Gasteiger partial charge in [0.05, 0.1) is 6.20 Å². The number of halogens is 1. The average molecular weight is 272 g/mol. The van der Waals surface area contributed by atoms with Crippen LogP contribution in [0.3, 0.4) is 0 Å². The van der Waals surface area contributed by atoms with Gasteiger partial charge < -0.3 is 10.3 Å². The number of fused-ring (bicyclic) bond motifs is 1. The number of anilines is 1. The number of nitrogens with one attached hydrogen (secondary N) is 2. The third-order valence-electron chi connectivity index (χ3n) is 2.77. The van der Waals surface area contributed by atoms with Gasteiger partial charge in [-0.15, -0.1) is 0 Å². The van der Waals surface area contributed by atoms with Gasteiger partial charge in [-0.05, 0) is 13.8 Å². The van der Waals surface area contributed by atoms with Crippen molar-refractivity contribution in [1.82, 2.24) is 24.9 Å². The molecule has 0 radical (unpaired) electrons. The molecule has 0 atom stereocenters. The van der Waals surface area contributed by atoms with Gasteiger partial charge in [0, 0.05) is 29.4 Å². The fourth-order valence-electron chi connectivity index (χ4n) is 1.92. The van der Waals surface area contributed by atoms with Gasteiger partial charge in [0.25, 0.3) is 0 Å². The Morgan fingerprint density at radius 1 is 1.25 bits per heavy atom. The standard InChI is InChI=1S/C13H13FN6/c1-7(2)19-13-10(14)5-17-12(20-13)9-4-16-11-8(9)3-15-6-18-11/h3-7H,1-2H3,(H,15,16,18)(H,17,19,20). The minimum Gasteiger partial charge on any atom is -0.365 e. The number of aromatic amines is 1. The van der Waals surface area contributed by atoms with Crippen molar-refractivity contribution in [3.63, 3.8) is 0 Å². The van der Waals surface area contributed by atoms with Gasteiger partial charge >= 0.3 is 0 Å². The van der Waals surface area contributed by atoms with Crippen molar-refractivity contribution in [3.8, 4) is 11.4 Å². The Hall–Kier alpha value is -2.57. The van der Waals surface area contributed by atoms with Crippen LogP contribution in [0.15, 0.2) is 24.9 Å². The van der Waals surface area contributed by atoms with Gasteiger partial charge in [-0.2, -0.15) is 0 Å². The number of aromatic nitrogens is 5. The first kappa shape index (κ1) is 12.5. The molecule has 0 aliphatic heterocycles. The topological polar surface area (TPSA) is 79.4 Å². The number of nitrogens with zero attached hydrogens (tertiary/aromatic N) is 4. The maximum atomic E-state index is 13.7. The van der Waals surface area contributed by atoms with Crippen molar-refractivity contribution in [2.24, 2.45) is 0 Å². The zero-order valence-corrected chi connectivity index (χ0v) is 11.1. The fraction of sp³-hybridized carbons (Fsp3) is 0.231. The monoisotopic (exact) mass is 272 g/mol. The smallest absolute Gasteiger partial charge is 0.183 e. The van der Waals surface area contributed by atoms with E-state index in [1.165, 1.54) is 6.33 Å². The van der Waals surface area contributed by atoms with E-state index in [-0.39, 0.29) is 11.9 Å². The molecule has 2 N–H and O–H groups in total. The van der Waals surface area contributed by atoms with Gasteiger partial charge in [0.15, 0.2) is 17.5 Å². The van der Waals surface area contributed by atoms with Crippen LogP contribution in [0.25, 0.3) is 22.4 Å². The Labute approximate surface area is 114 Å². The van der Waals surface area contributed by atoms with Gasteiger partial charge in [0.2, 0.25) is 0 Å². The quantitative estimate of drug-likeness (QED) is 0.765. The summed E-state index contributed by atoms with van der Waals surface area (Å²) in [7, 11) is 0. The van der Waals surface area contributed by atoms with Crippen LogP contribution in [-0.4, -0.2) is 31.0 Å². The highest BCUT2D eigenvalue weighted by molar-refractivity contribution is 5.90. The number of rotatable bonds is 3. The molecular formula is C13H13FN6. The minimum atomic E-state index is -0.474. The Morgan fingerprint density at radius 2 is 2.10 bits per heavy atom. The largest absolute Gasteiger partial charge is 0.365 e. The summed E-state index contributed by atoms with van der Waals surface area (Å²) in [6.45, 7) is 3.83. The molecule has 0 bridgehead atoms. The molecule has 0 spiro atoms. The van der Waals surface area contributed by atoms with E-state index in [1.807, 2.05) is 13.8 Å². The first-order chi connectivity index (χ1) is 9.65. The molecule has 0 fully saturated rings. The first-order valence-corrected chi connectivity index (χ1v) is 6.21. The van der Waals surface area contributed by atoms with Crippen LogP contribution in [-0.2, 0) is 0 Å². The maximum Gasteiger partial charge on any atom is 0.183 e. The molecule has 0 aromatic carbocycles. The van der Waals surface area contributed by atoms with Crippen LogP contribution in [0.5, 0.6) is 0 Å². The van der Waals surface area contributed by atoms with E-state index in [4.69, 9.17) is 0 Å². The molecule has 6 nitrogen and oxygen atoms in total. The Balaban J connectivity index is 2.10. The lowest BCUT2D eigenvalue weighted by Gasteiger charge is -2.10. The molecule has 7 heteroatoms. The normalized spacial score (nSPS) is 11.2. The summed E-state index contributed by atoms with van der Waals surface area (Å²) in [4.78, 5) is 19.4. The second-order valence-electron chi connectivity index (χ2n) is 4.68. The summed E-state index contributed by atoms with van der Waals surface area (Å²) in [6.07, 6.45) is 6.04. The summed E-state index contributed by atoms with van der Waals surface area (Å²) in [5.74, 6) is 0.144. The number of hydrogen-bond acceptors (Lipinski definition) is 5. The average Bonchev–Trinajstić information content (AvgIpc) is 2.85. The predicted octanol–water partition coefficient (Wildman–Crippen LogP) is 2.37. The van der Waals surface area contributed by atoms with Gasteiger partial charge in [-0.3, -0.25) is 0 Å². The van der Waals surface area contributed by atoms with Crippen LogP contribution >= 0.6 is 0 Å². The van der Waals surface area contributed by atoms with E-state index in [0.717, 1.165) is 17.1 Å². The van der Waals surface area contributed by atoms with Crippen LogP contribution in [0, 0.1) is 5.82 Å². The van der Waals surface area contributed by atoms with Crippen molar-refractivity contribution in [3.05, 3.63) is 30.7 Å². The lowest BCUT2D eigenvalue weighted by Crippen LogP contribution is -2.13. The summed E-state index contributed by atoms with van der Waals surface area (Å²) in [6, 6.07) is 0.0820. The fourth-order valence-corrected chi connectivity index (χ4v) is 1.92. The third-order valence-corrected chi connectivity index (χ3v) is 2.77. The molecule has 0 saturated heterocycles. The SMILES string of the molecule is CC(C)Nc1nc(-c2c[nH]c3ncncc23)ncc1F. The summed E-state index contributed by atoms with van der Waals surface area (Å²) in [5, 5.41) is 3.76. The molecule has 0 aliphatic rings. The molecule has 0 saturated carbocycles. The Bertz CT molecular complexity index is 751. The highest BCUT2D eigenvalue weighted by atomic mass is 19.1. The second kappa shape index (κ2) is 4.84. The lowest BCUT2D eigenvalue weighted by molar-refractivity contribution is 0.615. The van der Waals surface area contributed by atoms with Crippen LogP contribution in [0.1, 0.15) is 13.8 Å². The van der Waals surface area contributed by atoms with Crippen LogP contribution in [0.2, 0.25) is 0 Å². The van der Waals surface area contributed by atoms with E-state index in [2.05, 4.69) is 30.2 Å². The van der Waals surface area contributed by atoms with Gasteiger partial charge in [0.1, 0.15) is 12.0 Å². The molecule has 0 unspecified atom stereocenters. The number of hydrogen-bond donors (Lipinski definition) is 2. The van der Waals surface area contributed by atoms with E-state index in [1.54, 1.807) is 12.4 Å². The van der Waals surface area contributed by atoms with E-state index in [0.29, 0.717) is 11.5 Å². The van der Waals surface area contributed by atoms with Gasteiger partial charge in [-0.25, -0.2) is 24.3 Å². The zero-order chi connectivity index (χ0) is 14.1. The number of H-pyrrole nitrogens is 1. The van der Waals surface area contributed by atoms with Crippen molar-refractivity contribution in [2.75, 3.05) is 5.32 Å². The van der Waals surface area contributed by atoms with E-state index >= 15 is 0 Å². The molecule has 0 amide bonds. The second-order valence-corrected chi connectivity index (χ2v) is 4.68. The van der Waals surface area contributed by atoms with Crippen LogP contribution < -0.4 is 5.32 Å². The molecule has 3 aromatic heterocycles. The summed E-state index contributed by atoms with van der Waals surface area (Å²) < 4.78 is 13.7. The summed E-state index contributed by atoms with van der Waals surface area (Å²) >= 11 is 0. The summed E-state index contributed by atoms with van der Waals surface area (Å²) in [5.41, 5.74) is 1.44. The van der Waals surface area contributed by atoms with Gasteiger partial charge in [-0.1, -0.05) is 0 Å². The van der Waals surface area contributed by atoms with E-state index in [9.17, 15) is 4.39 Å². The van der Waals surface area contributed by atoms with Crippen molar-refractivity contribution in [2.45, 2.75) is 19.9 Å².